The number of piperidine rings is 1. The third kappa shape index (κ3) is 7.05. The summed E-state index contributed by atoms with van der Waals surface area (Å²) in [7, 11) is 2.19. The SMILES string of the molecule is Cc1ccc(C(=O)N/C(N)=C/C(=N)C(C)(C)C)cc1Nc1ncnc2c(N)nc(N3CCN(C4CCN(C)CC4)CC3)nc12. The van der Waals surface area contributed by atoms with Crippen molar-refractivity contribution in [2.45, 2.75) is 46.6 Å². The molecule has 234 valence electrons. The van der Waals surface area contributed by atoms with Gasteiger partial charge in [0, 0.05) is 54.6 Å². The number of piperazine rings is 1. The molecule has 0 unspecified atom stereocenters. The van der Waals surface area contributed by atoms with E-state index >= 15 is 0 Å². The average molecular weight is 601 g/mol. The predicted molar refractivity (Wildman–Crippen MR) is 175 cm³/mol. The van der Waals surface area contributed by atoms with Crippen LogP contribution in [0, 0.1) is 17.7 Å². The first-order valence-electron chi connectivity index (χ1n) is 15.1. The minimum atomic E-state index is -0.385. The number of carbonyl (C=O) groups is 1. The van der Waals surface area contributed by atoms with E-state index in [1.54, 1.807) is 12.1 Å². The number of hydrogen-bond acceptors (Lipinski definition) is 12. The molecule has 0 saturated carbocycles. The molecule has 13 nitrogen and oxygen atoms in total. The van der Waals surface area contributed by atoms with Crippen LogP contribution in [0.5, 0.6) is 0 Å². The molecule has 2 saturated heterocycles. The van der Waals surface area contributed by atoms with Gasteiger partial charge in [0.1, 0.15) is 23.2 Å². The van der Waals surface area contributed by atoms with E-state index < -0.39 is 0 Å². The van der Waals surface area contributed by atoms with E-state index in [1.807, 2.05) is 33.8 Å². The van der Waals surface area contributed by atoms with Crippen molar-refractivity contribution < 1.29 is 4.79 Å². The maximum absolute atomic E-state index is 13.0. The van der Waals surface area contributed by atoms with E-state index in [-0.39, 0.29) is 17.1 Å². The van der Waals surface area contributed by atoms with E-state index in [2.05, 4.69) is 47.3 Å². The van der Waals surface area contributed by atoms with Crippen molar-refractivity contribution in [2.75, 3.05) is 62.3 Å². The molecule has 0 spiro atoms. The average Bonchev–Trinajstić information content (AvgIpc) is 2.98. The Hall–Kier alpha value is -4.36. The van der Waals surface area contributed by atoms with Crippen LogP contribution >= 0.6 is 0 Å². The van der Waals surface area contributed by atoms with Crippen molar-refractivity contribution in [3.8, 4) is 0 Å². The van der Waals surface area contributed by atoms with Gasteiger partial charge in [-0.1, -0.05) is 26.8 Å². The lowest BCUT2D eigenvalue weighted by Gasteiger charge is -2.42. The van der Waals surface area contributed by atoms with Crippen LogP contribution in [-0.2, 0) is 0 Å². The molecule has 2 aliphatic rings. The molecular formula is C31H44N12O. The number of nitrogens with zero attached hydrogens (tertiary/aromatic N) is 7. The van der Waals surface area contributed by atoms with Gasteiger partial charge in [-0.25, -0.2) is 15.0 Å². The Bertz CT molecular complexity index is 1560. The topological polar surface area (TPSA) is 178 Å². The summed E-state index contributed by atoms with van der Waals surface area (Å²) in [6.45, 7) is 13.5. The summed E-state index contributed by atoms with van der Waals surface area (Å²) in [5.74, 6) is 1.04. The lowest BCUT2D eigenvalue weighted by atomic mass is 9.90. The summed E-state index contributed by atoms with van der Waals surface area (Å²) < 4.78 is 0. The molecule has 0 atom stereocenters. The van der Waals surface area contributed by atoms with Gasteiger partial charge in [-0.05, 0) is 63.7 Å². The van der Waals surface area contributed by atoms with Crippen LogP contribution in [-0.4, -0.2) is 93.7 Å². The Morgan fingerprint density at radius 3 is 2.43 bits per heavy atom. The molecular weight excluding hydrogens is 556 g/mol. The van der Waals surface area contributed by atoms with Gasteiger partial charge in [-0.15, -0.1) is 0 Å². The summed E-state index contributed by atoms with van der Waals surface area (Å²) in [5, 5.41) is 14.2. The number of hydrogen-bond donors (Lipinski definition) is 5. The number of benzene rings is 1. The van der Waals surface area contributed by atoms with Crippen LogP contribution in [0.1, 0.15) is 49.5 Å². The standard InChI is InChI=1S/C31H44N12O/c1-19-6-7-20(29(44)38-24(33)17-23(32)31(2,3)4)16-22(19)37-28-26-25(35-18-36-28)27(34)40-30(39-26)43-14-12-42(13-15-43)21-8-10-41(5)11-9-21/h6-7,16-18,21,32H,8-15,33H2,1-5H3,(H,38,44)(H2,34,39,40)(H,35,36,37)/b24-17+,32-23?. The number of aryl methyl sites for hydroxylation is 1. The van der Waals surface area contributed by atoms with Crippen molar-refractivity contribution in [1.29, 1.82) is 5.41 Å². The van der Waals surface area contributed by atoms with Gasteiger partial charge in [0.25, 0.3) is 5.91 Å². The van der Waals surface area contributed by atoms with Crippen LogP contribution in [0.2, 0.25) is 0 Å². The zero-order valence-corrected chi connectivity index (χ0v) is 26.3. The molecule has 2 aliphatic heterocycles. The second kappa shape index (κ2) is 12.7. The second-order valence-electron chi connectivity index (χ2n) is 12.8. The highest BCUT2D eigenvalue weighted by molar-refractivity contribution is 6.00. The molecule has 2 fully saturated rings. The smallest absolute Gasteiger partial charge is 0.256 e. The first-order chi connectivity index (χ1) is 20.9. The zero-order valence-electron chi connectivity index (χ0n) is 26.3. The number of rotatable bonds is 7. The number of nitrogens with two attached hydrogens (primary N) is 2. The third-order valence-corrected chi connectivity index (χ3v) is 8.42. The monoisotopic (exact) mass is 600 g/mol. The van der Waals surface area contributed by atoms with Gasteiger partial charge in [0.15, 0.2) is 11.6 Å². The van der Waals surface area contributed by atoms with E-state index in [0.717, 1.165) is 44.8 Å². The zero-order chi connectivity index (χ0) is 31.6. The Morgan fingerprint density at radius 2 is 1.75 bits per heavy atom. The minimum Gasteiger partial charge on any atom is -0.385 e. The van der Waals surface area contributed by atoms with Crippen LogP contribution in [0.25, 0.3) is 11.0 Å². The highest BCUT2D eigenvalue weighted by Crippen LogP contribution is 2.29. The number of fused-ring (bicyclic) bond motifs is 1. The Labute approximate surface area is 258 Å². The highest BCUT2D eigenvalue weighted by Gasteiger charge is 2.28. The first kappa shape index (κ1) is 31.1. The molecule has 44 heavy (non-hydrogen) atoms. The molecule has 2 aromatic heterocycles. The van der Waals surface area contributed by atoms with Gasteiger partial charge in [-0.3, -0.25) is 9.69 Å². The summed E-state index contributed by atoms with van der Waals surface area (Å²) in [4.78, 5) is 38.5. The molecule has 1 amide bonds. The Morgan fingerprint density at radius 1 is 1.05 bits per heavy atom. The van der Waals surface area contributed by atoms with Crippen LogP contribution in [0.4, 0.5) is 23.3 Å². The normalized spacial score (nSPS) is 17.6. The van der Waals surface area contributed by atoms with Crippen LogP contribution < -0.4 is 27.0 Å². The lowest BCUT2D eigenvalue weighted by molar-refractivity contribution is 0.0965. The number of carbonyl (C=O) groups excluding carboxylic acids is 1. The van der Waals surface area contributed by atoms with E-state index in [1.165, 1.54) is 25.2 Å². The highest BCUT2D eigenvalue weighted by atomic mass is 16.1. The molecule has 13 heteroatoms. The first-order valence-corrected chi connectivity index (χ1v) is 15.1. The van der Waals surface area contributed by atoms with Crippen molar-refractivity contribution in [1.82, 2.24) is 35.1 Å². The third-order valence-electron chi connectivity index (χ3n) is 8.42. The number of amides is 1. The fourth-order valence-corrected chi connectivity index (χ4v) is 5.47. The number of aromatic nitrogens is 4. The fraction of sp³-hybridized carbons (Fsp3) is 0.484. The minimum absolute atomic E-state index is 0.110. The molecule has 0 aliphatic carbocycles. The van der Waals surface area contributed by atoms with E-state index in [9.17, 15) is 4.79 Å². The van der Waals surface area contributed by atoms with Crippen LogP contribution in [0.3, 0.4) is 0 Å². The van der Waals surface area contributed by atoms with Gasteiger partial charge < -0.3 is 37.3 Å². The molecule has 3 aromatic rings. The lowest BCUT2D eigenvalue weighted by Crippen LogP contribution is -2.53. The van der Waals surface area contributed by atoms with Crippen molar-refractivity contribution in [3.05, 3.63) is 47.6 Å². The predicted octanol–water partition coefficient (Wildman–Crippen LogP) is 2.87. The van der Waals surface area contributed by atoms with Crippen molar-refractivity contribution in [3.63, 3.8) is 0 Å². The number of anilines is 4. The van der Waals surface area contributed by atoms with Crippen molar-refractivity contribution in [2.24, 2.45) is 11.1 Å². The molecule has 0 radical (unpaired) electrons. The maximum Gasteiger partial charge on any atom is 0.256 e. The van der Waals surface area contributed by atoms with Crippen molar-refractivity contribution >= 4 is 45.9 Å². The maximum atomic E-state index is 13.0. The molecule has 1 aromatic carbocycles. The molecule has 4 heterocycles. The van der Waals surface area contributed by atoms with Gasteiger partial charge in [-0.2, -0.15) is 4.98 Å². The summed E-state index contributed by atoms with van der Waals surface area (Å²) in [6.07, 6.45) is 5.30. The van der Waals surface area contributed by atoms with E-state index in [4.69, 9.17) is 21.9 Å². The number of likely N-dealkylation sites (tertiary alicyclic amines) is 1. The number of nitrogen functional groups attached to an aromatic ring is 1. The fourth-order valence-electron chi connectivity index (χ4n) is 5.47. The number of allylic oxidation sites excluding steroid dienone is 1. The van der Waals surface area contributed by atoms with Gasteiger partial charge in [0.2, 0.25) is 5.95 Å². The van der Waals surface area contributed by atoms with Gasteiger partial charge >= 0.3 is 0 Å². The summed E-state index contributed by atoms with van der Waals surface area (Å²) in [6, 6.07) is 5.93. The number of nitrogens with one attached hydrogen (secondary N) is 3. The summed E-state index contributed by atoms with van der Waals surface area (Å²) in [5.41, 5.74) is 15.3. The molecule has 0 bridgehead atoms. The quantitative estimate of drug-likeness (QED) is 0.252. The summed E-state index contributed by atoms with van der Waals surface area (Å²) >= 11 is 0. The second-order valence-corrected chi connectivity index (χ2v) is 12.8. The van der Waals surface area contributed by atoms with Crippen LogP contribution in [0.15, 0.2) is 36.4 Å². The van der Waals surface area contributed by atoms with Gasteiger partial charge in [0.05, 0.1) is 0 Å². The largest absolute Gasteiger partial charge is 0.385 e. The van der Waals surface area contributed by atoms with E-state index in [0.29, 0.717) is 51.6 Å². The molecule has 7 N–H and O–H groups in total. The Balaban J connectivity index is 1.34. The Kier molecular flexibility index (Phi) is 8.97. The molecule has 5 rings (SSSR count).